The van der Waals surface area contributed by atoms with Gasteiger partial charge >= 0.3 is 0 Å². The lowest BCUT2D eigenvalue weighted by Crippen LogP contribution is -2.41. The Morgan fingerprint density at radius 1 is 1.22 bits per heavy atom. The molecule has 1 unspecified atom stereocenters. The molecule has 2 N–H and O–H groups in total. The van der Waals surface area contributed by atoms with Gasteiger partial charge in [0.2, 0.25) is 10.0 Å². The zero-order chi connectivity index (χ0) is 13.8. The molecule has 0 radical (unpaired) electrons. The molecule has 108 valence electrons. The van der Waals surface area contributed by atoms with E-state index in [1.165, 1.54) is 6.42 Å². The predicted molar refractivity (Wildman–Crippen MR) is 73.8 cm³/mol. The van der Waals surface area contributed by atoms with Crippen molar-refractivity contribution in [1.29, 1.82) is 0 Å². The van der Waals surface area contributed by atoms with Gasteiger partial charge in [-0.25, -0.2) is 13.1 Å². The molecule has 5 heteroatoms. The smallest absolute Gasteiger partial charge is 0.211 e. The highest BCUT2D eigenvalue weighted by molar-refractivity contribution is 7.89. The molecule has 0 saturated heterocycles. The number of nitrogens with one attached hydrogen (secondary N) is 1. The Morgan fingerprint density at radius 2 is 1.78 bits per heavy atom. The lowest BCUT2D eigenvalue weighted by atomic mass is 9.89. The van der Waals surface area contributed by atoms with Crippen LogP contribution in [0, 0.1) is 11.3 Å². The summed E-state index contributed by atoms with van der Waals surface area (Å²) in [7, 11) is -3.25. The Hall–Kier alpha value is -0.130. The molecule has 1 aliphatic rings. The molecule has 1 atom stereocenters. The van der Waals surface area contributed by atoms with Crippen LogP contribution >= 0.6 is 0 Å². The zero-order valence-electron chi connectivity index (χ0n) is 11.8. The quantitative estimate of drug-likeness (QED) is 0.806. The third-order valence-electron chi connectivity index (χ3n) is 3.68. The predicted octanol–water partition coefficient (Wildman–Crippen LogP) is 1.89. The highest BCUT2D eigenvalue weighted by Gasteiger charge is 2.25. The van der Waals surface area contributed by atoms with Crippen LogP contribution in [-0.2, 0) is 10.0 Å². The summed E-state index contributed by atoms with van der Waals surface area (Å²) in [5.41, 5.74) is -0.298. The molecule has 0 aromatic carbocycles. The minimum atomic E-state index is -3.25. The van der Waals surface area contributed by atoms with Gasteiger partial charge in [-0.2, -0.15) is 0 Å². The van der Waals surface area contributed by atoms with E-state index in [1.807, 2.05) is 20.8 Å². The second kappa shape index (κ2) is 6.35. The Bertz CT molecular complexity index is 340. The molecule has 18 heavy (non-hydrogen) atoms. The van der Waals surface area contributed by atoms with E-state index in [0.717, 1.165) is 25.7 Å². The average molecular weight is 277 g/mol. The highest BCUT2D eigenvalue weighted by Crippen LogP contribution is 2.24. The maximum atomic E-state index is 11.9. The number of aliphatic hydroxyl groups is 1. The fraction of sp³-hybridized carbons (Fsp3) is 1.00. The van der Waals surface area contributed by atoms with Crippen LogP contribution in [0.25, 0.3) is 0 Å². The van der Waals surface area contributed by atoms with Gasteiger partial charge in [-0.15, -0.1) is 0 Å². The number of aliphatic hydroxyl groups excluding tert-OH is 1. The van der Waals surface area contributed by atoms with E-state index in [-0.39, 0.29) is 17.7 Å². The monoisotopic (exact) mass is 277 g/mol. The third kappa shape index (κ3) is 5.67. The van der Waals surface area contributed by atoms with Crippen LogP contribution in [-0.4, -0.2) is 31.9 Å². The first kappa shape index (κ1) is 15.9. The molecule has 0 heterocycles. The number of sulfonamides is 1. The van der Waals surface area contributed by atoms with Crippen molar-refractivity contribution in [2.45, 2.75) is 59.0 Å². The van der Waals surface area contributed by atoms with Crippen molar-refractivity contribution in [2.75, 3.05) is 12.3 Å². The van der Waals surface area contributed by atoms with Crippen LogP contribution in [0.15, 0.2) is 0 Å². The van der Waals surface area contributed by atoms with Crippen molar-refractivity contribution >= 4 is 10.0 Å². The van der Waals surface area contributed by atoms with Gasteiger partial charge in [-0.05, 0) is 24.2 Å². The normalized spacial score (nSPS) is 20.9. The summed E-state index contributed by atoms with van der Waals surface area (Å²) in [6.45, 7) is 5.80. The van der Waals surface area contributed by atoms with Crippen LogP contribution in [0.3, 0.4) is 0 Å². The summed E-state index contributed by atoms with van der Waals surface area (Å²) >= 11 is 0. The van der Waals surface area contributed by atoms with E-state index >= 15 is 0 Å². The fourth-order valence-corrected chi connectivity index (χ4v) is 3.72. The summed E-state index contributed by atoms with van der Waals surface area (Å²) in [6.07, 6.45) is 4.90. The molecule has 0 aromatic heterocycles. The fourth-order valence-electron chi connectivity index (χ4n) is 2.24. The molecule has 0 aromatic rings. The zero-order valence-corrected chi connectivity index (χ0v) is 12.6. The van der Waals surface area contributed by atoms with E-state index < -0.39 is 16.1 Å². The minimum Gasteiger partial charge on any atom is -0.391 e. The third-order valence-corrected chi connectivity index (χ3v) is 5.19. The summed E-state index contributed by atoms with van der Waals surface area (Å²) in [6, 6.07) is 0. The molecule has 0 aliphatic heterocycles. The lowest BCUT2D eigenvalue weighted by Gasteiger charge is -2.26. The van der Waals surface area contributed by atoms with Gasteiger partial charge in [-0.3, -0.25) is 0 Å². The van der Waals surface area contributed by atoms with E-state index in [9.17, 15) is 13.5 Å². The summed E-state index contributed by atoms with van der Waals surface area (Å²) in [5, 5.41) is 9.83. The van der Waals surface area contributed by atoms with Gasteiger partial charge < -0.3 is 5.11 Å². The SMILES string of the molecule is CC(C)(C)C(O)CNS(=O)(=O)CC1CCCCC1. The Morgan fingerprint density at radius 3 is 2.28 bits per heavy atom. The topological polar surface area (TPSA) is 66.4 Å². The van der Waals surface area contributed by atoms with E-state index in [4.69, 9.17) is 0 Å². The van der Waals surface area contributed by atoms with E-state index in [0.29, 0.717) is 5.92 Å². The maximum Gasteiger partial charge on any atom is 0.211 e. The van der Waals surface area contributed by atoms with E-state index in [1.54, 1.807) is 0 Å². The van der Waals surface area contributed by atoms with Gasteiger partial charge in [0.1, 0.15) is 0 Å². The Labute approximate surface area is 111 Å². The van der Waals surface area contributed by atoms with Crippen molar-refractivity contribution in [3.63, 3.8) is 0 Å². The first-order chi connectivity index (χ1) is 8.21. The average Bonchev–Trinajstić information content (AvgIpc) is 2.25. The molecule has 0 spiro atoms. The van der Waals surface area contributed by atoms with E-state index in [2.05, 4.69) is 4.72 Å². The number of hydrogen-bond acceptors (Lipinski definition) is 3. The Kier molecular flexibility index (Phi) is 5.62. The number of rotatable bonds is 5. The second-order valence-corrected chi connectivity index (χ2v) is 8.37. The molecular formula is C13H27NO3S. The molecule has 1 aliphatic carbocycles. The molecule has 1 saturated carbocycles. The maximum absolute atomic E-state index is 11.9. The molecule has 4 nitrogen and oxygen atoms in total. The van der Waals surface area contributed by atoms with Gasteiger partial charge in [0.05, 0.1) is 11.9 Å². The van der Waals surface area contributed by atoms with Crippen molar-refractivity contribution < 1.29 is 13.5 Å². The number of hydrogen-bond donors (Lipinski definition) is 2. The first-order valence-corrected chi connectivity index (χ1v) is 8.51. The standard InChI is InChI=1S/C13H27NO3S/c1-13(2,3)12(15)9-14-18(16,17)10-11-7-5-4-6-8-11/h11-12,14-15H,4-10H2,1-3H3. The van der Waals surface area contributed by atoms with Crippen LogP contribution in [0.4, 0.5) is 0 Å². The summed E-state index contributed by atoms with van der Waals surface area (Å²) < 4.78 is 26.4. The molecule has 1 rings (SSSR count). The second-order valence-electron chi connectivity index (χ2n) is 6.52. The van der Waals surface area contributed by atoms with Crippen molar-refractivity contribution in [2.24, 2.45) is 11.3 Å². The van der Waals surface area contributed by atoms with Crippen LogP contribution in [0.1, 0.15) is 52.9 Å². The van der Waals surface area contributed by atoms with Crippen LogP contribution in [0.5, 0.6) is 0 Å². The summed E-state index contributed by atoms with van der Waals surface area (Å²) in [5.74, 6) is 0.507. The molecule has 0 bridgehead atoms. The van der Waals surface area contributed by atoms with Gasteiger partial charge in [-0.1, -0.05) is 40.0 Å². The van der Waals surface area contributed by atoms with Crippen molar-refractivity contribution in [3.05, 3.63) is 0 Å². The molecular weight excluding hydrogens is 250 g/mol. The largest absolute Gasteiger partial charge is 0.391 e. The van der Waals surface area contributed by atoms with Crippen LogP contribution < -0.4 is 4.72 Å². The lowest BCUT2D eigenvalue weighted by molar-refractivity contribution is 0.0676. The Balaban J connectivity index is 2.40. The molecule has 1 fully saturated rings. The minimum absolute atomic E-state index is 0.110. The van der Waals surface area contributed by atoms with Crippen LogP contribution in [0.2, 0.25) is 0 Å². The van der Waals surface area contributed by atoms with Gasteiger partial charge in [0.15, 0.2) is 0 Å². The van der Waals surface area contributed by atoms with Gasteiger partial charge in [0.25, 0.3) is 0 Å². The van der Waals surface area contributed by atoms with Gasteiger partial charge in [0, 0.05) is 6.54 Å². The summed E-state index contributed by atoms with van der Waals surface area (Å²) in [4.78, 5) is 0. The molecule has 0 amide bonds. The first-order valence-electron chi connectivity index (χ1n) is 6.86. The highest BCUT2D eigenvalue weighted by atomic mass is 32.2. The van der Waals surface area contributed by atoms with Crippen molar-refractivity contribution in [3.8, 4) is 0 Å². The van der Waals surface area contributed by atoms with Crippen molar-refractivity contribution in [1.82, 2.24) is 4.72 Å².